The summed E-state index contributed by atoms with van der Waals surface area (Å²) in [5.41, 5.74) is 5.85. The molecule has 0 spiro atoms. The number of hydrazone groups is 1. The molecule has 0 saturated carbocycles. The molecule has 1 heterocycles. The molecule has 0 radical (unpaired) electrons. The van der Waals surface area contributed by atoms with E-state index in [2.05, 4.69) is 46.7 Å². The molecule has 2 rings (SSSR count). The molecule has 0 bridgehead atoms. The van der Waals surface area contributed by atoms with Crippen LogP contribution in [-0.4, -0.2) is 22.3 Å². The number of hydrogen-bond acceptors (Lipinski definition) is 3. The SMILES string of the molecule is Cc1[nH][nH]c(=O)c1CCC(=O)N/N=C\c1ccc(C(C)C)cc1. The summed E-state index contributed by atoms with van der Waals surface area (Å²) in [6.07, 6.45) is 2.21. The van der Waals surface area contributed by atoms with Gasteiger partial charge in [0, 0.05) is 17.7 Å². The normalized spacial score (nSPS) is 11.3. The van der Waals surface area contributed by atoms with E-state index in [0.717, 1.165) is 11.3 Å². The Morgan fingerprint density at radius 3 is 2.52 bits per heavy atom. The maximum atomic E-state index is 11.7. The molecule has 6 heteroatoms. The van der Waals surface area contributed by atoms with Crippen LogP contribution in [-0.2, 0) is 11.2 Å². The Morgan fingerprint density at radius 2 is 1.96 bits per heavy atom. The van der Waals surface area contributed by atoms with E-state index in [9.17, 15) is 9.59 Å². The van der Waals surface area contributed by atoms with Crippen molar-refractivity contribution in [3.63, 3.8) is 0 Å². The molecular formula is C17H22N4O2. The second kappa shape index (κ2) is 7.58. The number of carbonyl (C=O) groups excluding carboxylic acids is 1. The minimum Gasteiger partial charge on any atom is -0.302 e. The van der Waals surface area contributed by atoms with Gasteiger partial charge in [0.15, 0.2) is 0 Å². The smallest absolute Gasteiger partial charge is 0.267 e. The third-order valence-electron chi connectivity index (χ3n) is 3.70. The molecule has 2 aromatic rings. The van der Waals surface area contributed by atoms with Gasteiger partial charge in [-0.3, -0.25) is 14.7 Å². The highest BCUT2D eigenvalue weighted by Gasteiger charge is 2.08. The lowest BCUT2D eigenvalue weighted by Crippen LogP contribution is -2.19. The van der Waals surface area contributed by atoms with Gasteiger partial charge in [-0.2, -0.15) is 5.10 Å². The number of nitrogens with zero attached hydrogens (tertiary/aromatic N) is 1. The van der Waals surface area contributed by atoms with Crippen molar-refractivity contribution in [2.24, 2.45) is 5.10 Å². The maximum Gasteiger partial charge on any atom is 0.267 e. The fourth-order valence-corrected chi connectivity index (χ4v) is 2.21. The second-order valence-corrected chi connectivity index (χ2v) is 5.80. The number of aryl methyl sites for hydroxylation is 1. The van der Waals surface area contributed by atoms with Crippen molar-refractivity contribution in [2.75, 3.05) is 0 Å². The second-order valence-electron chi connectivity index (χ2n) is 5.80. The van der Waals surface area contributed by atoms with Gasteiger partial charge >= 0.3 is 0 Å². The number of amides is 1. The van der Waals surface area contributed by atoms with Gasteiger partial charge in [-0.15, -0.1) is 0 Å². The molecule has 0 unspecified atom stereocenters. The van der Waals surface area contributed by atoms with Gasteiger partial charge in [0.25, 0.3) is 5.56 Å². The van der Waals surface area contributed by atoms with E-state index in [0.29, 0.717) is 17.9 Å². The molecule has 1 aromatic heterocycles. The first kappa shape index (κ1) is 16.7. The summed E-state index contributed by atoms with van der Waals surface area (Å²) in [5.74, 6) is 0.265. The van der Waals surface area contributed by atoms with Gasteiger partial charge in [0.1, 0.15) is 0 Å². The predicted octanol–water partition coefficient (Wildman–Crippen LogP) is 2.22. The van der Waals surface area contributed by atoms with Crippen LogP contribution in [0.3, 0.4) is 0 Å². The largest absolute Gasteiger partial charge is 0.302 e. The number of benzene rings is 1. The van der Waals surface area contributed by atoms with Crippen LogP contribution < -0.4 is 11.0 Å². The number of aromatic amines is 2. The zero-order valence-electron chi connectivity index (χ0n) is 13.6. The summed E-state index contributed by atoms with van der Waals surface area (Å²) in [6, 6.07) is 8.03. The van der Waals surface area contributed by atoms with Crippen LogP contribution in [0.2, 0.25) is 0 Å². The molecule has 0 saturated heterocycles. The van der Waals surface area contributed by atoms with E-state index in [4.69, 9.17) is 0 Å². The van der Waals surface area contributed by atoms with E-state index >= 15 is 0 Å². The van der Waals surface area contributed by atoms with Crippen molar-refractivity contribution in [1.29, 1.82) is 0 Å². The molecular weight excluding hydrogens is 292 g/mol. The van der Waals surface area contributed by atoms with Crippen molar-refractivity contribution in [3.05, 3.63) is 57.0 Å². The molecule has 0 aliphatic carbocycles. The first-order chi connectivity index (χ1) is 11.0. The number of nitrogens with one attached hydrogen (secondary N) is 3. The maximum absolute atomic E-state index is 11.7. The molecule has 23 heavy (non-hydrogen) atoms. The van der Waals surface area contributed by atoms with Crippen molar-refractivity contribution in [1.82, 2.24) is 15.6 Å². The Morgan fingerprint density at radius 1 is 1.26 bits per heavy atom. The van der Waals surface area contributed by atoms with Crippen LogP contribution in [0.1, 0.15) is 48.6 Å². The standard InChI is InChI=1S/C17H22N4O2/c1-11(2)14-6-4-13(5-7-14)10-18-20-16(22)9-8-15-12(3)19-21-17(15)23/h4-7,10-11H,8-9H2,1-3H3,(H,20,22)(H2,19,21,23)/b18-10-. The van der Waals surface area contributed by atoms with E-state index in [1.54, 1.807) is 13.1 Å². The van der Waals surface area contributed by atoms with Crippen molar-refractivity contribution in [2.45, 2.75) is 39.5 Å². The highest BCUT2D eigenvalue weighted by Crippen LogP contribution is 2.13. The lowest BCUT2D eigenvalue weighted by atomic mass is 10.0. The summed E-state index contributed by atoms with van der Waals surface area (Å²) in [4.78, 5) is 23.2. The summed E-state index contributed by atoms with van der Waals surface area (Å²) in [6.45, 7) is 6.07. The topological polar surface area (TPSA) is 90.1 Å². The summed E-state index contributed by atoms with van der Waals surface area (Å²) in [7, 11) is 0. The van der Waals surface area contributed by atoms with Gasteiger partial charge in [-0.1, -0.05) is 38.1 Å². The van der Waals surface area contributed by atoms with Crippen LogP contribution >= 0.6 is 0 Å². The first-order valence-corrected chi connectivity index (χ1v) is 7.65. The van der Waals surface area contributed by atoms with Crippen molar-refractivity contribution < 1.29 is 4.79 Å². The Balaban J connectivity index is 1.83. The van der Waals surface area contributed by atoms with Gasteiger partial charge in [0.2, 0.25) is 5.91 Å². The Kier molecular flexibility index (Phi) is 5.51. The van der Waals surface area contributed by atoms with Gasteiger partial charge in [0.05, 0.1) is 6.21 Å². The summed E-state index contributed by atoms with van der Waals surface area (Å²) >= 11 is 0. The average Bonchev–Trinajstić information content (AvgIpc) is 2.84. The fourth-order valence-electron chi connectivity index (χ4n) is 2.21. The van der Waals surface area contributed by atoms with E-state index in [-0.39, 0.29) is 17.9 Å². The summed E-state index contributed by atoms with van der Waals surface area (Å²) in [5, 5.41) is 9.18. The van der Waals surface area contributed by atoms with E-state index < -0.39 is 0 Å². The van der Waals surface area contributed by atoms with Crippen LogP contribution in [0, 0.1) is 6.92 Å². The molecule has 6 nitrogen and oxygen atoms in total. The monoisotopic (exact) mass is 314 g/mol. The minimum atomic E-state index is -0.222. The summed E-state index contributed by atoms with van der Waals surface area (Å²) < 4.78 is 0. The van der Waals surface area contributed by atoms with Gasteiger partial charge in [-0.05, 0) is 30.4 Å². The van der Waals surface area contributed by atoms with Crippen LogP contribution in [0.25, 0.3) is 0 Å². The zero-order chi connectivity index (χ0) is 16.8. The van der Waals surface area contributed by atoms with E-state index in [1.807, 2.05) is 12.1 Å². The molecule has 1 amide bonds. The Bertz CT molecular complexity index is 739. The van der Waals surface area contributed by atoms with Crippen LogP contribution in [0.4, 0.5) is 0 Å². The number of carbonyl (C=O) groups is 1. The van der Waals surface area contributed by atoms with Gasteiger partial charge < -0.3 is 5.10 Å². The molecule has 0 aliphatic rings. The predicted molar refractivity (Wildman–Crippen MR) is 90.7 cm³/mol. The highest BCUT2D eigenvalue weighted by atomic mass is 16.2. The molecule has 0 fully saturated rings. The Labute approximate surface area is 135 Å². The number of hydrogen-bond donors (Lipinski definition) is 3. The first-order valence-electron chi connectivity index (χ1n) is 7.65. The van der Waals surface area contributed by atoms with E-state index in [1.165, 1.54) is 5.56 Å². The number of aromatic nitrogens is 2. The fraction of sp³-hybridized carbons (Fsp3) is 0.353. The van der Waals surface area contributed by atoms with Crippen molar-refractivity contribution in [3.8, 4) is 0 Å². The molecule has 0 aliphatic heterocycles. The van der Waals surface area contributed by atoms with Crippen LogP contribution in [0.15, 0.2) is 34.2 Å². The lowest BCUT2D eigenvalue weighted by molar-refractivity contribution is -0.121. The molecule has 1 aromatic carbocycles. The minimum absolute atomic E-state index is 0.177. The van der Waals surface area contributed by atoms with Crippen molar-refractivity contribution >= 4 is 12.1 Å². The Hall–Kier alpha value is -2.63. The highest BCUT2D eigenvalue weighted by molar-refractivity contribution is 5.82. The quantitative estimate of drug-likeness (QED) is 0.563. The third-order valence-corrected chi connectivity index (χ3v) is 3.70. The molecule has 0 atom stereocenters. The average molecular weight is 314 g/mol. The van der Waals surface area contributed by atoms with Gasteiger partial charge in [-0.25, -0.2) is 5.43 Å². The molecule has 122 valence electrons. The molecule has 3 N–H and O–H groups in total. The number of H-pyrrole nitrogens is 2. The number of rotatable bonds is 6. The lowest BCUT2D eigenvalue weighted by Gasteiger charge is -2.04. The third kappa shape index (κ3) is 4.67. The zero-order valence-corrected chi connectivity index (χ0v) is 13.6. The van der Waals surface area contributed by atoms with Crippen LogP contribution in [0.5, 0.6) is 0 Å².